The Morgan fingerprint density at radius 3 is 2.45 bits per heavy atom. The first-order valence-corrected chi connectivity index (χ1v) is 11.5. The van der Waals surface area contributed by atoms with Gasteiger partial charge in [-0.3, -0.25) is 9.52 Å². The zero-order valence-electron chi connectivity index (χ0n) is 17.7. The SMILES string of the molecule is CCC(=O)Nc1c(C)noc1/C=C\c1ccc(S(=O)(=O)Nc2ccccc2CC)cc1. The molecule has 1 amide bonds. The molecule has 1 aromatic heterocycles. The van der Waals surface area contributed by atoms with E-state index in [1.807, 2.05) is 19.1 Å². The van der Waals surface area contributed by atoms with Gasteiger partial charge in [-0.2, -0.15) is 0 Å². The van der Waals surface area contributed by atoms with Crippen molar-refractivity contribution >= 4 is 39.5 Å². The number of anilines is 2. The third-order valence-corrected chi connectivity index (χ3v) is 6.12. The summed E-state index contributed by atoms with van der Waals surface area (Å²) in [7, 11) is -3.70. The van der Waals surface area contributed by atoms with Crippen molar-refractivity contribution in [2.75, 3.05) is 10.0 Å². The summed E-state index contributed by atoms with van der Waals surface area (Å²) >= 11 is 0. The Labute approximate surface area is 182 Å². The molecule has 8 heteroatoms. The Hall–Kier alpha value is -3.39. The lowest BCUT2D eigenvalue weighted by Crippen LogP contribution is -2.14. The van der Waals surface area contributed by atoms with Crippen LogP contribution in [0.25, 0.3) is 12.2 Å². The summed E-state index contributed by atoms with van der Waals surface area (Å²) < 4.78 is 33.4. The predicted octanol–water partition coefficient (Wildman–Crippen LogP) is 4.87. The molecule has 0 aliphatic carbocycles. The summed E-state index contributed by atoms with van der Waals surface area (Å²) in [5, 5.41) is 6.66. The van der Waals surface area contributed by atoms with Crippen LogP contribution in [0.5, 0.6) is 0 Å². The van der Waals surface area contributed by atoms with Crippen LogP contribution in [0.1, 0.15) is 42.8 Å². The highest BCUT2D eigenvalue weighted by molar-refractivity contribution is 7.92. The highest BCUT2D eigenvalue weighted by Gasteiger charge is 2.16. The monoisotopic (exact) mass is 439 g/mol. The molecule has 0 aliphatic heterocycles. The molecule has 0 radical (unpaired) electrons. The Morgan fingerprint density at radius 1 is 1.06 bits per heavy atom. The largest absolute Gasteiger partial charge is 0.354 e. The van der Waals surface area contributed by atoms with Crippen molar-refractivity contribution in [2.45, 2.75) is 38.5 Å². The van der Waals surface area contributed by atoms with Crippen LogP contribution in [0.3, 0.4) is 0 Å². The maximum Gasteiger partial charge on any atom is 0.261 e. The number of aromatic nitrogens is 1. The predicted molar refractivity (Wildman–Crippen MR) is 122 cm³/mol. The number of amides is 1. The summed E-state index contributed by atoms with van der Waals surface area (Å²) in [5.74, 6) is 0.293. The molecule has 0 fully saturated rings. The van der Waals surface area contributed by atoms with Crippen LogP contribution in [0, 0.1) is 6.92 Å². The summed E-state index contributed by atoms with van der Waals surface area (Å²) in [5.41, 5.74) is 3.40. The van der Waals surface area contributed by atoms with E-state index in [1.54, 1.807) is 62.4 Å². The molecule has 2 N–H and O–H groups in total. The topological polar surface area (TPSA) is 101 Å². The fourth-order valence-corrected chi connectivity index (χ4v) is 4.04. The molecule has 0 unspecified atom stereocenters. The van der Waals surface area contributed by atoms with Crippen molar-refractivity contribution < 1.29 is 17.7 Å². The van der Waals surface area contributed by atoms with E-state index in [2.05, 4.69) is 15.2 Å². The van der Waals surface area contributed by atoms with E-state index < -0.39 is 10.0 Å². The third kappa shape index (κ3) is 5.40. The van der Waals surface area contributed by atoms with Gasteiger partial charge in [0.25, 0.3) is 10.0 Å². The van der Waals surface area contributed by atoms with Gasteiger partial charge >= 0.3 is 0 Å². The van der Waals surface area contributed by atoms with Gasteiger partial charge in [0.05, 0.1) is 10.6 Å². The molecule has 2 aromatic carbocycles. The van der Waals surface area contributed by atoms with Crippen molar-refractivity contribution in [1.29, 1.82) is 0 Å². The molecule has 3 aromatic rings. The van der Waals surface area contributed by atoms with Crippen molar-refractivity contribution in [3.63, 3.8) is 0 Å². The number of carbonyl (C=O) groups excluding carboxylic acids is 1. The van der Waals surface area contributed by atoms with Crippen LogP contribution < -0.4 is 10.0 Å². The molecule has 0 spiro atoms. The molecule has 1 heterocycles. The maximum atomic E-state index is 12.7. The normalized spacial score (nSPS) is 11.6. The lowest BCUT2D eigenvalue weighted by molar-refractivity contribution is -0.115. The van der Waals surface area contributed by atoms with E-state index in [-0.39, 0.29) is 10.8 Å². The van der Waals surface area contributed by atoms with Crippen molar-refractivity contribution in [2.24, 2.45) is 0 Å². The summed E-state index contributed by atoms with van der Waals surface area (Å²) in [6, 6.07) is 13.8. The number of carbonyl (C=O) groups is 1. The second-order valence-corrected chi connectivity index (χ2v) is 8.61. The van der Waals surface area contributed by atoms with Crippen molar-refractivity contribution in [3.8, 4) is 0 Å². The van der Waals surface area contributed by atoms with Gasteiger partial charge in [-0.1, -0.05) is 55.4 Å². The van der Waals surface area contributed by atoms with Gasteiger partial charge in [0.2, 0.25) is 5.91 Å². The zero-order chi connectivity index (χ0) is 22.4. The smallest absolute Gasteiger partial charge is 0.261 e. The highest BCUT2D eigenvalue weighted by Crippen LogP contribution is 2.24. The fraction of sp³-hybridized carbons (Fsp3) is 0.217. The van der Waals surface area contributed by atoms with Crippen LogP contribution in [0.2, 0.25) is 0 Å². The molecular weight excluding hydrogens is 414 g/mol. The van der Waals surface area contributed by atoms with Crippen molar-refractivity contribution in [3.05, 3.63) is 71.1 Å². The van der Waals surface area contributed by atoms with Crippen molar-refractivity contribution in [1.82, 2.24) is 5.16 Å². The third-order valence-electron chi connectivity index (χ3n) is 4.73. The van der Waals surface area contributed by atoms with E-state index in [9.17, 15) is 13.2 Å². The van der Waals surface area contributed by atoms with E-state index in [1.165, 1.54) is 0 Å². The van der Waals surface area contributed by atoms with Crippen LogP contribution in [0.15, 0.2) is 57.9 Å². The molecular formula is C23H25N3O4S. The lowest BCUT2D eigenvalue weighted by atomic mass is 10.1. The molecule has 162 valence electrons. The number of rotatable bonds is 8. The molecule has 3 rings (SSSR count). The van der Waals surface area contributed by atoms with Gasteiger partial charge in [0.1, 0.15) is 11.4 Å². The number of nitrogens with one attached hydrogen (secondary N) is 2. The molecule has 7 nitrogen and oxygen atoms in total. The standard InChI is InChI=1S/C23H25N3O4S/c1-4-18-8-6-7-9-20(18)26-31(28,29)19-13-10-17(11-14-19)12-15-21-23(16(3)25-30-21)24-22(27)5-2/h6-15,26H,4-5H2,1-3H3,(H,24,27)/b15-12-. The van der Waals surface area contributed by atoms with E-state index in [0.29, 0.717) is 29.2 Å². The van der Waals surface area contributed by atoms with E-state index >= 15 is 0 Å². The zero-order valence-corrected chi connectivity index (χ0v) is 18.5. The van der Waals surface area contributed by atoms with E-state index in [4.69, 9.17) is 4.52 Å². The lowest BCUT2D eigenvalue weighted by Gasteiger charge is -2.11. The minimum Gasteiger partial charge on any atom is -0.354 e. The highest BCUT2D eigenvalue weighted by atomic mass is 32.2. The number of benzene rings is 2. The first kappa shape index (κ1) is 22.3. The average molecular weight is 440 g/mol. The minimum atomic E-state index is -3.70. The molecule has 0 atom stereocenters. The van der Waals surface area contributed by atoms with Gasteiger partial charge < -0.3 is 9.84 Å². The first-order chi connectivity index (χ1) is 14.8. The number of sulfonamides is 1. The Kier molecular flexibility index (Phi) is 6.91. The fourth-order valence-electron chi connectivity index (χ4n) is 2.94. The van der Waals surface area contributed by atoms with Crippen LogP contribution in [-0.4, -0.2) is 19.5 Å². The maximum absolute atomic E-state index is 12.7. The van der Waals surface area contributed by atoms with Gasteiger partial charge in [-0.05, 0) is 48.7 Å². The number of hydrogen-bond donors (Lipinski definition) is 2. The molecule has 0 bridgehead atoms. The number of aryl methyl sites for hydroxylation is 2. The molecule has 0 saturated carbocycles. The quantitative estimate of drug-likeness (QED) is 0.522. The summed E-state index contributed by atoms with van der Waals surface area (Å²) in [4.78, 5) is 11.9. The van der Waals surface area contributed by atoms with Crippen LogP contribution in [0.4, 0.5) is 11.4 Å². The number of nitrogens with zero attached hydrogens (tertiary/aromatic N) is 1. The van der Waals surface area contributed by atoms with E-state index in [0.717, 1.165) is 17.5 Å². The first-order valence-electron chi connectivity index (χ1n) is 9.99. The van der Waals surface area contributed by atoms with Crippen LogP contribution in [-0.2, 0) is 21.2 Å². The summed E-state index contributed by atoms with van der Waals surface area (Å²) in [6.45, 7) is 5.48. The summed E-state index contributed by atoms with van der Waals surface area (Å²) in [6.07, 6.45) is 4.52. The van der Waals surface area contributed by atoms with Gasteiger partial charge in [0, 0.05) is 6.42 Å². The molecule has 0 saturated heterocycles. The second-order valence-electron chi connectivity index (χ2n) is 6.93. The Bertz CT molecular complexity index is 1200. The Morgan fingerprint density at radius 2 is 1.77 bits per heavy atom. The molecule has 31 heavy (non-hydrogen) atoms. The van der Waals surface area contributed by atoms with Gasteiger partial charge in [-0.15, -0.1) is 0 Å². The van der Waals surface area contributed by atoms with Crippen LogP contribution >= 0.6 is 0 Å². The molecule has 0 aliphatic rings. The Balaban J connectivity index is 1.77. The number of hydrogen-bond acceptors (Lipinski definition) is 5. The number of para-hydroxylation sites is 1. The van der Waals surface area contributed by atoms with Gasteiger partial charge in [0.15, 0.2) is 5.76 Å². The second kappa shape index (κ2) is 9.61. The average Bonchev–Trinajstić information content (AvgIpc) is 3.11. The van der Waals surface area contributed by atoms with Gasteiger partial charge in [-0.25, -0.2) is 8.42 Å². The minimum absolute atomic E-state index is 0.132.